The van der Waals surface area contributed by atoms with Crippen LogP contribution in [0.15, 0.2) is 30.3 Å². The summed E-state index contributed by atoms with van der Waals surface area (Å²) in [6.07, 6.45) is 0.554. The third kappa shape index (κ3) is 4.90. The monoisotopic (exact) mass is 378 g/mol. The van der Waals surface area contributed by atoms with Gasteiger partial charge in [0.25, 0.3) is 0 Å². The molecule has 3 rings (SSSR count). The van der Waals surface area contributed by atoms with E-state index in [4.69, 9.17) is 18.9 Å². The lowest BCUT2D eigenvalue weighted by Crippen LogP contribution is -2.29. The van der Waals surface area contributed by atoms with Crippen molar-refractivity contribution in [1.29, 1.82) is 0 Å². The van der Waals surface area contributed by atoms with Crippen LogP contribution in [0.5, 0.6) is 0 Å². The van der Waals surface area contributed by atoms with Gasteiger partial charge in [-0.1, -0.05) is 44.2 Å². The Morgan fingerprint density at radius 3 is 2.07 bits per heavy atom. The van der Waals surface area contributed by atoms with Crippen LogP contribution in [0.2, 0.25) is 0 Å². The molecular weight excluding hydrogens is 344 g/mol. The Bertz CT molecular complexity index is 565. The molecule has 2 aliphatic heterocycles. The lowest BCUT2D eigenvalue weighted by Gasteiger charge is -2.23. The second-order valence-corrected chi connectivity index (χ2v) is 8.09. The van der Waals surface area contributed by atoms with Gasteiger partial charge < -0.3 is 24.1 Å². The molecule has 2 fully saturated rings. The smallest absolute Gasteiger partial charge is 0.160 e. The van der Waals surface area contributed by atoms with Crippen LogP contribution in [0.25, 0.3) is 0 Å². The van der Waals surface area contributed by atoms with E-state index in [2.05, 4.69) is 32.9 Å². The van der Waals surface area contributed by atoms with Crippen LogP contribution in [-0.4, -0.2) is 49.7 Å². The summed E-state index contributed by atoms with van der Waals surface area (Å²) in [7, 11) is 0. The SMILES string of the molecule is C[C@@H]1[C@@H](OC[C@H]2[C@H](C)[C@@H](OCCc3ccccc3)O[C@@H]2C)O[C@H](C)[C@H]1CO. The van der Waals surface area contributed by atoms with E-state index in [1.54, 1.807) is 0 Å². The summed E-state index contributed by atoms with van der Waals surface area (Å²) in [6.45, 7) is 9.72. The molecule has 2 heterocycles. The average molecular weight is 379 g/mol. The molecule has 2 saturated heterocycles. The highest BCUT2D eigenvalue weighted by molar-refractivity contribution is 5.14. The largest absolute Gasteiger partial charge is 0.396 e. The lowest BCUT2D eigenvalue weighted by molar-refractivity contribution is -0.156. The van der Waals surface area contributed by atoms with Crippen molar-refractivity contribution in [2.45, 2.75) is 58.9 Å². The van der Waals surface area contributed by atoms with E-state index in [1.807, 2.05) is 25.1 Å². The summed E-state index contributed by atoms with van der Waals surface area (Å²) >= 11 is 0. The molecule has 0 saturated carbocycles. The normalized spacial score (nSPS) is 39.1. The van der Waals surface area contributed by atoms with Gasteiger partial charge in [0, 0.05) is 30.3 Å². The molecule has 27 heavy (non-hydrogen) atoms. The van der Waals surface area contributed by atoms with Gasteiger partial charge in [0.2, 0.25) is 0 Å². The fourth-order valence-corrected chi connectivity index (χ4v) is 4.26. The summed E-state index contributed by atoms with van der Waals surface area (Å²) < 4.78 is 24.1. The molecular formula is C22H34O5. The zero-order valence-corrected chi connectivity index (χ0v) is 16.9. The number of hydrogen-bond acceptors (Lipinski definition) is 5. The number of aliphatic hydroxyl groups is 1. The van der Waals surface area contributed by atoms with Crippen LogP contribution < -0.4 is 0 Å². The first-order chi connectivity index (χ1) is 13.0. The van der Waals surface area contributed by atoms with Gasteiger partial charge in [0.1, 0.15) is 0 Å². The molecule has 0 spiro atoms. The van der Waals surface area contributed by atoms with Gasteiger partial charge in [0.15, 0.2) is 12.6 Å². The zero-order valence-electron chi connectivity index (χ0n) is 16.9. The van der Waals surface area contributed by atoms with Crippen molar-refractivity contribution in [2.75, 3.05) is 19.8 Å². The molecule has 0 unspecified atom stereocenters. The number of ether oxygens (including phenoxy) is 4. The highest BCUT2D eigenvalue weighted by Crippen LogP contribution is 2.36. The molecule has 1 N–H and O–H groups in total. The first kappa shape index (κ1) is 20.7. The highest BCUT2D eigenvalue weighted by atomic mass is 16.7. The summed E-state index contributed by atoms with van der Waals surface area (Å²) in [5.74, 6) is 0.860. The summed E-state index contributed by atoms with van der Waals surface area (Å²) in [6, 6.07) is 10.4. The van der Waals surface area contributed by atoms with E-state index in [-0.39, 0.29) is 55.1 Å². The first-order valence-corrected chi connectivity index (χ1v) is 10.2. The van der Waals surface area contributed by atoms with E-state index in [9.17, 15) is 5.11 Å². The van der Waals surface area contributed by atoms with E-state index >= 15 is 0 Å². The predicted molar refractivity (Wildman–Crippen MR) is 103 cm³/mol. The third-order valence-electron chi connectivity index (χ3n) is 6.29. The molecule has 5 heteroatoms. The van der Waals surface area contributed by atoms with Gasteiger partial charge in [-0.15, -0.1) is 0 Å². The van der Waals surface area contributed by atoms with Crippen molar-refractivity contribution in [1.82, 2.24) is 0 Å². The molecule has 152 valence electrons. The number of hydrogen-bond donors (Lipinski definition) is 1. The van der Waals surface area contributed by atoms with Crippen molar-refractivity contribution < 1.29 is 24.1 Å². The van der Waals surface area contributed by atoms with Gasteiger partial charge >= 0.3 is 0 Å². The number of rotatable bonds is 8. The van der Waals surface area contributed by atoms with Crippen LogP contribution >= 0.6 is 0 Å². The second-order valence-electron chi connectivity index (χ2n) is 8.09. The maximum absolute atomic E-state index is 9.52. The van der Waals surface area contributed by atoms with E-state index in [1.165, 1.54) is 5.56 Å². The Morgan fingerprint density at radius 1 is 0.852 bits per heavy atom. The van der Waals surface area contributed by atoms with Gasteiger partial charge in [-0.25, -0.2) is 0 Å². The molecule has 5 nitrogen and oxygen atoms in total. The Labute approximate surface area is 163 Å². The minimum atomic E-state index is -0.255. The third-order valence-corrected chi connectivity index (χ3v) is 6.29. The fraction of sp³-hybridized carbons (Fsp3) is 0.727. The Hall–Kier alpha value is -0.980. The zero-order chi connectivity index (χ0) is 19.4. The van der Waals surface area contributed by atoms with Gasteiger partial charge in [-0.3, -0.25) is 0 Å². The topological polar surface area (TPSA) is 57.2 Å². The fourth-order valence-electron chi connectivity index (χ4n) is 4.26. The Kier molecular flexibility index (Phi) is 7.29. The van der Waals surface area contributed by atoms with Crippen molar-refractivity contribution in [3.8, 4) is 0 Å². The molecule has 0 aliphatic carbocycles. The maximum atomic E-state index is 9.52. The molecule has 2 aliphatic rings. The van der Waals surface area contributed by atoms with Crippen LogP contribution in [0.4, 0.5) is 0 Å². The van der Waals surface area contributed by atoms with Crippen molar-refractivity contribution in [2.24, 2.45) is 23.7 Å². The van der Waals surface area contributed by atoms with Crippen LogP contribution in [-0.2, 0) is 25.4 Å². The van der Waals surface area contributed by atoms with Gasteiger partial charge in [-0.2, -0.15) is 0 Å². The predicted octanol–water partition coefficient (Wildman–Crippen LogP) is 3.25. The molecule has 1 aromatic rings. The lowest BCUT2D eigenvalue weighted by atomic mass is 9.92. The standard InChI is InChI=1S/C22H34O5/c1-14-19(12-23)16(3)26-22(14)25-13-20-15(2)21(27-17(20)4)24-11-10-18-8-6-5-7-9-18/h5-9,14-17,19-23H,10-13H2,1-4H3/t14-,15-,16+,17+,19-,20-,21-,22-/m0/s1. The minimum Gasteiger partial charge on any atom is -0.396 e. The summed E-state index contributed by atoms with van der Waals surface area (Å²) in [5.41, 5.74) is 1.27. The number of aliphatic hydroxyl groups excluding tert-OH is 1. The maximum Gasteiger partial charge on any atom is 0.160 e. The average Bonchev–Trinajstić information content (AvgIpc) is 3.09. The summed E-state index contributed by atoms with van der Waals surface area (Å²) in [5, 5.41) is 9.52. The van der Waals surface area contributed by atoms with Gasteiger partial charge in [-0.05, 0) is 25.8 Å². The summed E-state index contributed by atoms with van der Waals surface area (Å²) in [4.78, 5) is 0. The molecule has 0 radical (unpaired) electrons. The molecule has 0 aromatic heterocycles. The number of benzene rings is 1. The van der Waals surface area contributed by atoms with E-state index in [0.29, 0.717) is 13.2 Å². The van der Waals surface area contributed by atoms with Crippen LogP contribution in [0.3, 0.4) is 0 Å². The molecule has 8 atom stereocenters. The highest BCUT2D eigenvalue weighted by Gasteiger charge is 2.43. The van der Waals surface area contributed by atoms with Crippen molar-refractivity contribution >= 4 is 0 Å². The van der Waals surface area contributed by atoms with E-state index < -0.39 is 0 Å². The van der Waals surface area contributed by atoms with Crippen molar-refractivity contribution in [3.05, 3.63) is 35.9 Å². The minimum absolute atomic E-state index is 0.0266. The quantitative estimate of drug-likeness (QED) is 0.753. The van der Waals surface area contributed by atoms with Gasteiger partial charge in [0.05, 0.1) is 25.4 Å². The van der Waals surface area contributed by atoms with E-state index in [0.717, 1.165) is 6.42 Å². The molecule has 1 aromatic carbocycles. The molecule has 0 bridgehead atoms. The molecule has 0 amide bonds. The van der Waals surface area contributed by atoms with Crippen LogP contribution in [0, 0.1) is 23.7 Å². The van der Waals surface area contributed by atoms with Crippen molar-refractivity contribution in [3.63, 3.8) is 0 Å². The Morgan fingerprint density at radius 2 is 1.44 bits per heavy atom. The second kappa shape index (κ2) is 9.48. The first-order valence-electron chi connectivity index (χ1n) is 10.2. The Balaban J connectivity index is 1.45. The van der Waals surface area contributed by atoms with Crippen LogP contribution in [0.1, 0.15) is 33.3 Å².